The number of sulfonamides is 1. The summed E-state index contributed by atoms with van der Waals surface area (Å²) in [6.45, 7) is 3.27. The molecule has 35 heavy (non-hydrogen) atoms. The highest BCUT2D eigenvalue weighted by atomic mass is 35.5. The summed E-state index contributed by atoms with van der Waals surface area (Å²) in [5.41, 5.74) is 1.45. The van der Waals surface area contributed by atoms with E-state index in [1.807, 2.05) is 30.3 Å². The molecule has 184 valence electrons. The van der Waals surface area contributed by atoms with E-state index < -0.39 is 28.0 Å². The third-order valence-corrected chi connectivity index (χ3v) is 7.40. The number of amides is 1. The molecule has 0 bridgehead atoms. The lowest BCUT2D eigenvalue weighted by atomic mass is 10.0. The number of carboxylic acid groups (broad SMARTS) is 1. The van der Waals surface area contributed by atoms with Crippen LogP contribution in [-0.4, -0.2) is 31.4 Å². The number of carbonyl (C=O) groups excluding carboxylic acids is 1. The van der Waals surface area contributed by atoms with Crippen LogP contribution >= 0.6 is 11.6 Å². The Hall–Kier alpha value is -3.36. The zero-order valence-electron chi connectivity index (χ0n) is 19.4. The van der Waals surface area contributed by atoms with Crippen molar-refractivity contribution in [3.05, 3.63) is 89.4 Å². The Morgan fingerprint density at radius 2 is 1.66 bits per heavy atom. The van der Waals surface area contributed by atoms with Crippen LogP contribution in [-0.2, 0) is 26.0 Å². The number of hydrogen-bond acceptors (Lipinski definition) is 4. The van der Waals surface area contributed by atoms with Gasteiger partial charge in [0, 0.05) is 17.1 Å². The SMILES string of the molecule is CC(C)C(C(=O)O)N(c1cccc(Cl)c1)S(=O)(=O)c1cccc(NC(=O)CCc2ccccc2)c1. The van der Waals surface area contributed by atoms with Gasteiger partial charge in [-0.1, -0.05) is 67.9 Å². The van der Waals surface area contributed by atoms with Gasteiger partial charge in [0.1, 0.15) is 6.04 Å². The molecular weight excluding hydrogens is 488 g/mol. The van der Waals surface area contributed by atoms with Crippen LogP contribution in [0.4, 0.5) is 11.4 Å². The van der Waals surface area contributed by atoms with Crippen LogP contribution < -0.4 is 9.62 Å². The zero-order valence-corrected chi connectivity index (χ0v) is 21.0. The molecule has 1 unspecified atom stereocenters. The van der Waals surface area contributed by atoms with E-state index in [1.54, 1.807) is 32.0 Å². The van der Waals surface area contributed by atoms with Gasteiger partial charge in [-0.2, -0.15) is 0 Å². The highest BCUT2D eigenvalue weighted by Crippen LogP contribution is 2.31. The first-order valence-corrected chi connectivity index (χ1v) is 12.9. The Labute approximate surface area is 210 Å². The highest BCUT2D eigenvalue weighted by molar-refractivity contribution is 7.93. The van der Waals surface area contributed by atoms with Gasteiger partial charge >= 0.3 is 5.97 Å². The summed E-state index contributed by atoms with van der Waals surface area (Å²) in [4.78, 5) is 24.4. The molecule has 7 nitrogen and oxygen atoms in total. The van der Waals surface area contributed by atoms with Crippen LogP contribution in [0.1, 0.15) is 25.8 Å². The lowest BCUT2D eigenvalue weighted by Crippen LogP contribution is -2.48. The summed E-state index contributed by atoms with van der Waals surface area (Å²) >= 11 is 6.09. The van der Waals surface area contributed by atoms with Crippen molar-refractivity contribution in [2.75, 3.05) is 9.62 Å². The largest absolute Gasteiger partial charge is 0.480 e. The van der Waals surface area contributed by atoms with Gasteiger partial charge in [0.25, 0.3) is 10.0 Å². The molecule has 0 aliphatic rings. The van der Waals surface area contributed by atoms with Crippen molar-refractivity contribution >= 4 is 44.9 Å². The molecule has 0 fully saturated rings. The minimum Gasteiger partial charge on any atom is -0.480 e. The van der Waals surface area contributed by atoms with E-state index in [0.29, 0.717) is 12.1 Å². The van der Waals surface area contributed by atoms with E-state index in [2.05, 4.69) is 5.32 Å². The molecule has 0 aliphatic heterocycles. The monoisotopic (exact) mass is 514 g/mol. The molecule has 0 spiro atoms. The van der Waals surface area contributed by atoms with Gasteiger partial charge in [-0.25, -0.2) is 13.2 Å². The molecular formula is C26H27ClN2O5S. The number of carbonyl (C=O) groups is 2. The van der Waals surface area contributed by atoms with Crippen molar-refractivity contribution in [2.45, 2.75) is 37.6 Å². The first-order chi connectivity index (χ1) is 16.6. The second-order valence-electron chi connectivity index (χ2n) is 8.37. The van der Waals surface area contributed by atoms with Gasteiger partial charge in [-0.15, -0.1) is 0 Å². The van der Waals surface area contributed by atoms with E-state index in [4.69, 9.17) is 11.6 Å². The van der Waals surface area contributed by atoms with Gasteiger partial charge in [0.15, 0.2) is 0 Å². The molecule has 3 aromatic carbocycles. The summed E-state index contributed by atoms with van der Waals surface area (Å²) in [5.74, 6) is -2.09. The fraction of sp³-hybridized carbons (Fsp3) is 0.231. The van der Waals surface area contributed by atoms with E-state index in [0.717, 1.165) is 9.87 Å². The normalized spacial score (nSPS) is 12.2. The molecule has 0 saturated heterocycles. The quantitative estimate of drug-likeness (QED) is 0.386. The summed E-state index contributed by atoms with van der Waals surface area (Å²) in [6.07, 6.45) is 0.770. The maximum atomic E-state index is 13.7. The smallest absolute Gasteiger partial charge is 0.327 e. The number of benzene rings is 3. The third kappa shape index (κ3) is 6.61. The van der Waals surface area contributed by atoms with Crippen LogP contribution in [0.5, 0.6) is 0 Å². The van der Waals surface area contributed by atoms with Crippen molar-refractivity contribution in [1.82, 2.24) is 0 Å². The number of rotatable bonds is 10. The Morgan fingerprint density at radius 1 is 0.971 bits per heavy atom. The lowest BCUT2D eigenvalue weighted by Gasteiger charge is -2.32. The predicted molar refractivity (Wildman–Crippen MR) is 137 cm³/mol. The minimum atomic E-state index is -4.33. The van der Waals surface area contributed by atoms with Crippen LogP contribution in [0, 0.1) is 5.92 Å². The molecule has 3 aromatic rings. The van der Waals surface area contributed by atoms with E-state index in [9.17, 15) is 23.1 Å². The Kier molecular flexibility index (Phi) is 8.53. The molecule has 3 rings (SSSR count). The maximum absolute atomic E-state index is 13.7. The third-order valence-electron chi connectivity index (χ3n) is 5.36. The fourth-order valence-electron chi connectivity index (χ4n) is 3.69. The van der Waals surface area contributed by atoms with Crippen LogP contribution in [0.25, 0.3) is 0 Å². The van der Waals surface area contributed by atoms with Crippen molar-refractivity contribution in [3.63, 3.8) is 0 Å². The number of nitrogens with one attached hydrogen (secondary N) is 1. The molecule has 0 saturated carbocycles. The summed E-state index contributed by atoms with van der Waals surface area (Å²) in [7, 11) is -4.33. The van der Waals surface area contributed by atoms with Gasteiger partial charge in [0.2, 0.25) is 5.91 Å². The molecule has 0 radical (unpaired) electrons. The Morgan fingerprint density at radius 3 is 2.29 bits per heavy atom. The highest BCUT2D eigenvalue weighted by Gasteiger charge is 2.38. The van der Waals surface area contributed by atoms with E-state index >= 15 is 0 Å². The first kappa shape index (κ1) is 26.2. The van der Waals surface area contributed by atoms with Crippen LogP contribution in [0.3, 0.4) is 0 Å². The molecule has 2 N–H and O–H groups in total. The first-order valence-electron chi connectivity index (χ1n) is 11.1. The van der Waals surface area contributed by atoms with Crippen molar-refractivity contribution in [2.24, 2.45) is 5.92 Å². The van der Waals surface area contributed by atoms with Crippen molar-refractivity contribution in [3.8, 4) is 0 Å². The molecule has 1 atom stereocenters. The van der Waals surface area contributed by atoms with Gasteiger partial charge < -0.3 is 10.4 Å². The number of carboxylic acids is 1. The molecule has 9 heteroatoms. The van der Waals surface area contributed by atoms with E-state index in [-0.39, 0.29) is 27.9 Å². The fourth-order valence-corrected chi connectivity index (χ4v) is 5.65. The second kappa shape index (κ2) is 11.4. The number of aryl methyl sites for hydroxylation is 1. The molecule has 0 heterocycles. The molecule has 0 aliphatic carbocycles. The second-order valence-corrected chi connectivity index (χ2v) is 10.6. The average molecular weight is 515 g/mol. The van der Waals surface area contributed by atoms with Crippen LogP contribution in [0.15, 0.2) is 83.8 Å². The van der Waals surface area contributed by atoms with Gasteiger partial charge in [0.05, 0.1) is 10.6 Å². The number of nitrogens with zero attached hydrogens (tertiary/aromatic N) is 1. The number of halogens is 1. The molecule has 0 aromatic heterocycles. The minimum absolute atomic E-state index is 0.135. The number of hydrogen-bond donors (Lipinski definition) is 2. The standard InChI is InChI=1S/C26H27ClN2O5S/c1-18(2)25(26(31)32)29(22-12-6-10-20(27)16-22)35(33,34)23-13-7-11-21(17-23)28-24(30)15-14-19-8-4-3-5-9-19/h3-13,16-18,25H,14-15H2,1-2H3,(H,28,30)(H,31,32). The molecule has 1 amide bonds. The van der Waals surface area contributed by atoms with Crippen molar-refractivity contribution in [1.29, 1.82) is 0 Å². The zero-order chi connectivity index (χ0) is 25.6. The summed E-state index contributed by atoms with van der Waals surface area (Å²) in [6, 6.07) is 20.0. The summed E-state index contributed by atoms with van der Waals surface area (Å²) < 4.78 is 28.4. The summed E-state index contributed by atoms with van der Waals surface area (Å²) in [5, 5.41) is 12.9. The predicted octanol–water partition coefficient (Wildman–Crippen LogP) is 5.22. The van der Waals surface area contributed by atoms with E-state index in [1.165, 1.54) is 30.3 Å². The van der Waals surface area contributed by atoms with Crippen molar-refractivity contribution < 1.29 is 23.1 Å². The maximum Gasteiger partial charge on any atom is 0.327 e. The number of anilines is 2. The van der Waals surface area contributed by atoms with Gasteiger partial charge in [-0.05, 0) is 54.3 Å². The Balaban J connectivity index is 1.91. The van der Waals surface area contributed by atoms with Crippen LogP contribution in [0.2, 0.25) is 5.02 Å². The average Bonchev–Trinajstić information content (AvgIpc) is 2.81. The lowest BCUT2D eigenvalue weighted by molar-refractivity contribution is -0.139. The topological polar surface area (TPSA) is 104 Å². The number of aliphatic carboxylic acids is 1. The van der Waals surface area contributed by atoms with Gasteiger partial charge in [-0.3, -0.25) is 9.10 Å². The Bertz CT molecular complexity index is 1300.